The number of nitrogens with zero attached hydrogens (tertiary/aromatic N) is 4. The topological polar surface area (TPSA) is 112 Å². The lowest BCUT2D eigenvalue weighted by Crippen LogP contribution is -2.50. The lowest BCUT2D eigenvalue weighted by molar-refractivity contribution is -0.132. The molecular weight excluding hydrogens is 418 g/mol. The number of para-hydroxylation sites is 1. The van der Waals surface area contributed by atoms with Crippen molar-refractivity contribution in [2.24, 2.45) is 0 Å². The first-order chi connectivity index (χ1) is 15.0. The van der Waals surface area contributed by atoms with Gasteiger partial charge in [0.1, 0.15) is 10.4 Å². The van der Waals surface area contributed by atoms with Crippen LogP contribution >= 0.6 is 0 Å². The average Bonchev–Trinajstić information content (AvgIpc) is 3.44. The first-order valence-corrected chi connectivity index (χ1v) is 11.5. The molecule has 1 saturated heterocycles. The molecule has 2 aromatic heterocycles. The Morgan fingerprint density at radius 1 is 1.03 bits per heavy atom. The zero-order valence-electron chi connectivity index (χ0n) is 16.7. The second-order valence-corrected chi connectivity index (χ2v) is 9.44. The third-order valence-electron chi connectivity index (χ3n) is 5.74. The van der Waals surface area contributed by atoms with Gasteiger partial charge in [0, 0.05) is 49.7 Å². The minimum Gasteiger partial charge on any atom is -0.361 e. The van der Waals surface area contributed by atoms with E-state index in [1.54, 1.807) is 17.0 Å². The summed E-state index contributed by atoms with van der Waals surface area (Å²) in [5.41, 5.74) is 2.78. The number of hydrogen-bond acceptors (Lipinski definition) is 6. The lowest BCUT2D eigenvalue weighted by Gasteiger charge is -2.34. The van der Waals surface area contributed by atoms with Crippen LogP contribution in [0.5, 0.6) is 0 Å². The molecule has 1 N–H and O–H groups in total. The van der Waals surface area contributed by atoms with Gasteiger partial charge in [0.25, 0.3) is 0 Å². The standard InChI is InChI=1S/C21H21N5O4S/c27-20(9-8-15-14-22-17-5-2-1-4-16(15)17)25-10-12-26(13-11-25)31(28,29)19-7-3-6-18-21(19)24-30-23-18/h1-7,14,22H,8-13H2. The van der Waals surface area contributed by atoms with Crippen molar-refractivity contribution >= 4 is 37.9 Å². The van der Waals surface area contributed by atoms with Crippen LogP contribution in [-0.4, -0.2) is 65.0 Å². The number of amides is 1. The van der Waals surface area contributed by atoms with E-state index in [1.807, 2.05) is 30.5 Å². The molecule has 0 unspecified atom stereocenters. The number of aromatic amines is 1. The van der Waals surface area contributed by atoms with Crippen molar-refractivity contribution in [3.05, 3.63) is 54.2 Å². The summed E-state index contributed by atoms with van der Waals surface area (Å²) in [4.78, 5) is 17.7. The van der Waals surface area contributed by atoms with E-state index in [2.05, 4.69) is 19.9 Å². The van der Waals surface area contributed by atoms with E-state index in [-0.39, 0.29) is 29.4 Å². The summed E-state index contributed by atoms with van der Waals surface area (Å²) in [6, 6.07) is 12.8. The van der Waals surface area contributed by atoms with Crippen LogP contribution in [0.4, 0.5) is 0 Å². The highest BCUT2D eigenvalue weighted by Crippen LogP contribution is 2.25. The molecule has 160 valence electrons. The van der Waals surface area contributed by atoms with Gasteiger partial charge in [0.2, 0.25) is 15.9 Å². The highest BCUT2D eigenvalue weighted by Gasteiger charge is 2.32. The molecule has 1 fully saturated rings. The SMILES string of the molecule is O=C(CCc1c[nH]c2ccccc12)N1CCN(S(=O)(=O)c2cccc3nonc23)CC1. The van der Waals surface area contributed by atoms with Crippen LogP contribution in [0.1, 0.15) is 12.0 Å². The Bertz CT molecular complexity index is 1350. The van der Waals surface area contributed by atoms with Gasteiger partial charge in [-0.2, -0.15) is 4.31 Å². The fourth-order valence-electron chi connectivity index (χ4n) is 4.04. The molecule has 1 aliphatic rings. The average molecular weight is 439 g/mol. The van der Waals surface area contributed by atoms with Gasteiger partial charge in [-0.25, -0.2) is 13.0 Å². The van der Waals surface area contributed by atoms with E-state index in [4.69, 9.17) is 0 Å². The molecule has 0 atom stereocenters. The number of aryl methyl sites for hydroxylation is 1. The number of H-pyrrole nitrogens is 1. The van der Waals surface area contributed by atoms with Crippen molar-refractivity contribution < 1.29 is 17.8 Å². The fourth-order valence-corrected chi connectivity index (χ4v) is 5.60. The normalized spacial score (nSPS) is 15.7. The van der Waals surface area contributed by atoms with Gasteiger partial charge in [0.05, 0.1) is 0 Å². The zero-order valence-corrected chi connectivity index (χ0v) is 17.5. The highest BCUT2D eigenvalue weighted by atomic mass is 32.2. The maximum Gasteiger partial charge on any atom is 0.245 e. The lowest BCUT2D eigenvalue weighted by atomic mass is 10.1. The molecule has 31 heavy (non-hydrogen) atoms. The maximum absolute atomic E-state index is 13.1. The number of carbonyl (C=O) groups excluding carboxylic acids is 1. The van der Waals surface area contributed by atoms with Gasteiger partial charge in [-0.3, -0.25) is 4.79 Å². The van der Waals surface area contributed by atoms with Crippen LogP contribution in [0.2, 0.25) is 0 Å². The summed E-state index contributed by atoms with van der Waals surface area (Å²) >= 11 is 0. The number of sulfonamides is 1. The van der Waals surface area contributed by atoms with Gasteiger partial charge in [-0.1, -0.05) is 24.3 Å². The van der Waals surface area contributed by atoms with Crippen LogP contribution < -0.4 is 0 Å². The number of piperazine rings is 1. The molecule has 2 aromatic carbocycles. The van der Waals surface area contributed by atoms with E-state index in [0.717, 1.165) is 16.5 Å². The third kappa shape index (κ3) is 3.57. The molecule has 5 rings (SSSR count). The van der Waals surface area contributed by atoms with Crippen molar-refractivity contribution in [1.82, 2.24) is 24.5 Å². The number of benzene rings is 2. The number of aromatic nitrogens is 3. The minimum atomic E-state index is -3.75. The number of fused-ring (bicyclic) bond motifs is 2. The first kappa shape index (κ1) is 19.7. The molecule has 0 radical (unpaired) electrons. The zero-order chi connectivity index (χ0) is 21.4. The molecule has 10 heteroatoms. The smallest absolute Gasteiger partial charge is 0.245 e. The van der Waals surface area contributed by atoms with Crippen LogP contribution in [0, 0.1) is 0 Å². The van der Waals surface area contributed by atoms with E-state index in [9.17, 15) is 13.2 Å². The van der Waals surface area contributed by atoms with Gasteiger partial charge in [-0.05, 0) is 40.5 Å². The van der Waals surface area contributed by atoms with Crippen LogP contribution in [0.25, 0.3) is 21.9 Å². The molecule has 9 nitrogen and oxygen atoms in total. The first-order valence-electron chi connectivity index (χ1n) is 10.1. The summed E-state index contributed by atoms with van der Waals surface area (Å²) in [5.74, 6) is 0.0325. The van der Waals surface area contributed by atoms with Crippen molar-refractivity contribution in [1.29, 1.82) is 0 Å². The molecule has 1 aliphatic heterocycles. The summed E-state index contributed by atoms with van der Waals surface area (Å²) in [6.07, 6.45) is 2.98. The highest BCUT2D eigenvalue weighted by molar-refractivity contribution is 7.89. The van der Waals surface area contributed by atoms with Crippen molar-refractivity contribution in [3.8, 4) is 0 Å². The molecule has 3 heterocycles. The fraction of sp³-hybridized carbons (Fsp3) is 0.286. The van der Waals surface area contributed by atoms with E-state index >= 15 is 0 Å². The minimum absolute atomic E-state index is 0.0325. The predicted molar refractivity (Wildman–Crippen MR) is 114 cm³/mol. The van der Waals surface area contributed by atoms with Crippen LogP contribution in [0.3, 0.4) is 0 Å². The van der Waals surface area contributed by atoms with Crippen molar-refractivity contribution in [2.45, 2.75) is 17.7 Å². The number of rotatable bonds is 5. The summed E-state index contributed by atoms with van der Waals surface area (Å²) in [5, 5.41) is 8.57. The molecular formula is C21H21N5O4S. The molecule has 0 aliphatic carbocycles. The molecule has 1 amide bonds. The van der Waals surface area contributed by atoms with Gasteiger partial charge in [0.15, 0.2) is 5.52 Å². The predicted octanol–water partition coefficient (Wildman–Crippen LogP) is 2.17. The molecule has 4 aromatic rings. The Labute approximate surface area is 178 Å². The number of hydrogen-bond donors (Lipinski definition) is 1. The second kappa shape index (κ2) is 7.78. The quantitative estimate of drug-likeness (QED) is 0.510. The van der Waals surface area contributed by atoms with Gasteiger partial charge >= 0.3 is 0 Å². The van der Waals surface area contributed by atoms with E-state index < -0.39 is 10.0 Å². The summed E-state index contributed by atoms with van der Waals surface area (Å²) in [6.45, 7) is 1.20. The Morgan fingerprint density at radius 3 is 2.68 bits per heavy atom. The van der Waals surface area contributed by atoms with Crippen LogP contribution in [-0.2, 0) is 21.2 Å². The third-order valence-corrected chi connectivity index (χ3v) is 7.67. The van der Waals surface area contributed by atoms with Gasteiger partial charge < -0.3 is 9.88 Å². The molecule has 0 spiro atoms. The Kier molecular flexibility index (Phi) is 4.95. The second-order valence-electron chi connectivity index (χ2n) is 7.53. The van der Waals surface area contributed by atoms with E-state index in [1.165, 1.54) is 10.4 Å². The van der Waals surface area contributed by atoms with Crippen molar-refractivity contribution in [3.63, 3.8) is 0 Å². The Balaban J connectivity index is 1.23. The Morgan fingerprint density at radius 2 is 1.84 bits per heavy atom. The molecule has 0 bridgehead atoms. The van der Waals surface area contributed by atoms with E-state index in [0.29, 0.717) is 31.4 Å². The molecule has 0 saturated carbocycles. The number of carbonyl (C=O) groups is 1. The number of nitrogens with one attached hydrogen (secondary N) is 1. The van der Waals surface area contributed by atoms with Crippen LogP contribution in [0.15, 0.2) is 58.2 Å². The summed E-state index contributed by atoms with van der Waals surface area (Å²) in [7, 11) is -3.75. The maximum atomic E-state index is 13.1. The largest absolute Gasteiger partial charge is 0.361 e. The van der Waals surface area contributed by atoms with Gasteiger partial charge in [-0.15, -0.1) is 0 Å². The Hall–Kier alpha value is -3.24. The summed E-state index contributed by atoms with van der Waals surface area (Å²) < 4.78 is 32.3. The van der Waals surface area contributed by atoms with Crippen molar-refractivity contribution in [2.75, 3.05) is 26.2 Å². The monoisotopic (exact) mass is 439 g/mol.